The number of carbonyl (C=O) groups is 1. The van der Waals surface area contributed by atoms with Gasteiger partial charge in [-0.1, -0.05) is 151 Å². The highest BCUT2D eigenvalue weighted by atomic mass is 31.2. The molecule has 1 aromatic rings. The molecule has 6 aliphatic rings. The van der Waals surface area contributed by atoms with Crippen LogP contribution in [0.1, 0.15) is 175 Å². The normalized spacial score (nSPS) is 45.7. The molecule has 0 bridgehead atoms. The Balaban J connectivity index is 1.24. The van der Waals surface area contributed by atoms with Gasteiger partial charge in [0, 0.05) is 0 Å². The van der Waals surface area contributed by atoms with Crippen molar-refractivity contribution < 1.29 is 31.9 Å². The first-order valence-electron chi connectivity index (χ1n) is 25.8. The van der Waals surface area contributed by atoms with Crippen molar-refractivity contribution in [2.45, 2.75) is 189 Å². The zero-order valence-electron chi connectivity index (χ0n) is 43.9. The lowest BCUT2D eigenvalue weighted by atomic mass is 9.51. The molecule has 2 aliphatic heterocycles. The fraction of sp³-hybridized carbons (Fsp3) is 0.873. The number of para-hydroxylation sites is 1. The van der Waals surface area contributed by atoms with Crippen LogP contribution in [0.5, 0.6) is 5.75 Å². The Kier molecular flexibility index (Phi) is 14.8. The Labute approximate surface area is 394 Å². The molecule has 4 saturated carbocycles. The molecule has 4 aliphatic carbocycles. The molecule has 2 heterocycles. The minimum absolute atomic E-state index is 0.00870. The van der Waals surface area contributed by atoms with Gasteiger partial charge in [0.2, 0.25) is 0 Å². The SMILES string of the molecule is CC1C[C@@H](C(C)(C)C)C2OP(OC(=O)c3ccccc3OP3OC4C(C(C)(C)C)CC(C)C(C)[C@@H]4[C@H]4C(O3)C(C(C)(C)C)C[C@@H](C)[C@H]4C)OC3C(C(C)(C)C)C[C@@H](C)C(C)[C@H]3[C@H]2C1C. The maximum Gasteiger partial charge on any atom is 0.400 e. The predicted octanol–water partition coefficient (Wildman–Crippen LogP) is 16.1. The molecule has 0 aromatic heterocycles. The van der Waals surface area contributed by atoms with E-state index in [0.29, 0.717) is 106 Å². The molecule has 0 amide bonds. The van der Waals surface area contributed by atoms with Gasteiger partial charge in [0.25, 0.3) is 0 Å². The molecule has 6 fully saturated rings. The van der Waals surface area contributed by atoms with Crippen molar-refractivity contribution in [3.63, 3.8) is 0 Å². The molecule has 14 unspecified atom stereocenters. The lowest BCUT2D eigenvalue weighted by Crippen LogP contribution is -2.56. The maximum atomic E-state index is 14.9. The summed E-state index contributed by atoms with van der Waals surface area (Å²) < 4.78 is 43.0. The molecule has 7 nitrogen and oxygen atoms in total. The maximum absolute atomic E-state index is 14.9. The molecule has 0 N–H and O–H groups in total. The zero-order valence-corrected chi connectivity index (χ0v) is 45.7. The first-order chi connectivity index (χ1) is 29.5. The van der Waals surface area contributed by atoms with Gasteiger partial charge in [0.15, 0.2) is 0 Å². The molecule has 0 spiro atoms. The second-order valence-corrected chi connectivity index (χ2v) is 29.3. The second kappa shape index (κ2) is 18.5. The van der Waals surface area contributed by atoms with E-state index in [0.717, 1.165) is 25.7 Å². The summed E-state index contributed by atoms with van der Waals surface area (Å²) in [5, 5.41) is 0. The summed E-state index contributed by atoms with van der Waals surface area (Å²) in [5.74, 6) is 6.62. The molecule has 2 saturated heterocycles. The number of hydrogen-bond acceptors (Lipinski definition) is 7. The number of carbonyl (C=O) groups excluding carboxylic acids is 1. The molecule has 7 rings (SSSR count). The van der Waals surface area contributed by atoms with Crippen molar-refractivity contribution in [2.24, 2.45) is 116 Å². The Morgan fingerprint density at radius 3 is 1.05 bits per heavy atom. The third kappa shape index (κ3) is 9.83. The molecular formula is C55H92O7P2. The van der Waals surface area contributed by atoms with Crippen LogP contribution in [-0.4, -0.2) is 30.4 Å². The van der Waals surface area contributed by atoms with E-state index in [1.807, 2.05) is 24.3 Å². The van der Waals surface area contributed by atoms with E-state index in [-0.39, 0.29) is 46.1 Å². The first-order valence-corrected chi connectivity index (χ1v) is 28.0. The smallest absolute Gasteiger partial charge is 0.400 e. The van der Waals surface area contributed by atoms with Crippen LogP contribution in [0, 0.1) is 116 Å². The van der Waals surface area contributed by atoms with E-state index in [4.69, 9.17) is 27.1 Å². The minimum atomic E-state index is -2.04. The quantitative estimate of drug-likeness (QED) is 0.279. The van der Waals surface area contributed by atoms with E-state index in [1.165, 1.54) is 0 Å². The number of rotatable bonds is 4. The van der Waals surface area contributed by atoms with Gasteiger partial charge in [-0.15, -0.1) is 0 Å². The average molecular weight is 927 g/mol. The van der Waals surface area contributed by atoms with E-state index in [1.54, 1.807) is 0 Å². The molecule has 64 heavy (non-hydrogen) atoms. The van der Waals surface area contributed by atoms with E-state index < -0.39 is 23.2 Å². The topological polar surface area (TPSA) is 72.5 Å². The van der Waals surface area contributed by atoms with Gasteiger partial charge in [-0.3, -0.25) is 18.1 Å². The van der Waals surface area contributed by atoms with Crippen LogP contribution in [0.4, 0.5) is 0 Å². The van der Waals surface area contributed by atoms with Crippen LogP contribution in [0.3, 0.4) is 0 Å². The standard InChI is InChI=1S/C55H92O7P2/c1-29-25-38(52(9,10)11)47-43(33(29)5)44-34(6)30(2)26-39(53(12,13)14)48(44)59-63(58-47)57-42-24-22-21-23-37(42)51(56)62-64-60-49-40(54(15,16)17)27-31(3)35(7)45(49)46-36(8)32(4)28-41(50(46)61-64)55(18,19)20/h21-24,29-36,38-41,43-50H,25-28H2,1-20H3/t29-,30?,31-,32?,33-,34?,35?,36?,38?,39?,40?,41-,43+,44-,45+,46-,47?,48?,49?,50?,63?,64?/m1/s1. The monoisotopic (exact) mass is 927 g/mol. The van der Waals surface area contributed by atoms with Gasteiger partial charge >= 0.3 is 23.2 Å². The van der Waals surface area contributed by atoms with Crippen molar-refractivity contribution in [3.05, 3.63) is 29.8 Å². The fourth-order valence-electron chi connectivity index (χ4n) is 14.5. The molecular weight excluding hydrogens is 835 g/mol. The Hall–Kier alpha value is -0.810. The Bertz CT molecular complexity index is 1680. The van der Waals surface area contributed by atoms with Gasteiger partial charge in [-0.05, 0) is 154 Å². The third-order valence-corrected chi connectivity index (χ3v) is 21.6. The van der Waals surface area contributed by atoms with Crippen LogP contribution in [0.2, 0.25) is 0 Å². The van der Waals surface area contributed by atoms with Crippen molar-refractivity contribution in [2.75, 3.05) is 0 Å². The highest BCUT2D eigenvalue weighted by Gasteiger charge is 2.62. The minimum Gasteiger partial charge on any atom is -0.426 e. The summed E-state index contributed by atoms with van der Waals surface area (Å²) >= 11 is 0. The lowest BCUT2D eigenvalue weighted by molar-refractivity contribution is -0.123. The van der Waals surface area contributed by atoms with Crippen LogP contribution in [-0.2, 0) is 22.6 Å². The van der Waals surface area contributed by atoms with E-state index in [2.05, 4.69) is 138 Å². The summed E-state index contributed by atoms with van der Waals surface area (Å²) in [6.45, 7) is 48.1. The number of hydrogen-bond donors (Lipinski definition) is 0. The van der Waals surface area contributed by atoms with Crippen LogP contribution >= 0.6 is 17.2 Å². The predicted molar refractivity (Wildman–Crippen MR) is 263 cm³/mol. The Morgan fingerprint density at radius 2 is 0.750 bits per heavy atom. The average Bonchev–Trinajstić information content (AvgIpc) is 3.44. The first kappa shape index (κ1) is 51.1. The molecule has 0 radical (unpaired) electrons. The number of fused-ring (bicyclic) bond motifs is 6. The van der Waals surface area contributed by atoms with Crippen LogP contribution in [0.15, 0.2) is 24.3 Å². The van der Waals surface area contributed by atoms with E-state index in [9.17, 15) is 4.79 Å². The summed E-state index contributed by atoms with van der Waals surface area (Å²) in [6.07, 6.45) is 4.17. The second-order valence-electron chi connectivity index (χ2n) is 27.2. The molecule has 1 aromatic carbocycles. The highest BCUT2D eigenvalue weighted by molar-refractivity contribution is 7.42. The summed E-state index contributed by atoms with van der Waals surface area (Å²) in [6, 6.07) is 7.54. The molecule has 9 heteroatoms. The Morgan fingerprint density at radius 1 is 0.469 bits per heavy atom. The molecule has 364 valence electrons. The van der Waals surface area contributed by atoms with Crippen molar-refractivity contribution in [1.29, 1.82) is 0 Å². The fourth-order valence-corrected chi connectivity index (χ4v) is 17.2. The van der Waals surface area contributed by atoms with Crippen molar-refractivity contribution in [3.8, 4) is 5.75 Å². The van der Waals surface area contributed by atoms with Gasteiger partial charge in [0.05, 0.1) is 24.4 Å². The number of benzene rings is 1. The van der Waals surface area contributed by atoms with Gasteiger partial charge < -0.3 is 9.05 Å². The summed E-state index contributed by atoms with van der Waals surface area (Å²) in [5.41, 5.74) is 0.440. The summed E-state index contributed by atoms with van der Waals surface area (Å²) in [7, 11) is -3.92. The van der Waals surface area contributed by atoms with Crippen LogP contribution < -0.4 is 4.52 Å². The van der Waals surface area contributed by atoms with Gasteiger partial charge in [-0.2, -0.15) is 0 Å². The van der Waals surface area contributed by atoms with Crippen molar-refractivity contribution in [1.82, 2.24) is 0 Å². The zero-order chi connectivity index (χ0) is 47.3. The largest absolute Gasteiger partial charge is 0.426 e. The highest BCUT2D eigenvalue weighted by Crippen LogP contribution is 2.66. The van der Waals surface area contributed by atoms with E-state index >= 15 is 0 Å². The third-order valence-electron chi connectivity index (χ3n) is 19.2. The lowest BCUT2D eigenvalue weighted by Gasteiger charge is -2.56. The van der Waals surface area contributed by atoms with Gasteiger partial charge in [-0.25, -0.2) is 4.79 Å². The molecule has 22 atom stereocenters. The van der Waals surface area contributed by atoms with Crippen molar-refractivity contribution >= 4 is 23.2 Å². The summed E-state index contributed by atoms with van der Waals surface area (Å²) in [4.78, 5) is 14.9. The van der Waals surface area contributed by atoms with Crippen LogP contribution in [0.25, 0.3) is 0 Å². The van der Waals surface area contributed by atoms with Gasteiger partial charge in [0.1, 0.15) is 11.3 Å².